The average Bonchev–Trinajstić information content (AvgIpc) is 3.01. The number of hydrogen-bond acceptors (Lipinski definition) is 6. The Morgan fingerprint density at radius 3 is 2.68 bits per heavy atom. The summed E-state index contributed by atoms with van der Waals surface area (Å²) in [5.74, 6) is 1.68. The van der Waals surface area contributed by atoms with Gasteiger partial charge in [-0.15, -0.1) is 0 Å². The quantitative estimate of drug-likeness (QED) is 0.821. The van der Waals surface area contributed by atoms with E-state index < -0.39 is 0 Å². The lowest BCUT2D eigenvalue weighted by molar-refractivity contribution is -0.119. The molecule has 1 amide bonds. The molecule has 2 aromatic rings. The van der Waals surface area contributed by atoms with Crippen molar-refractivity contribution in [3.8, 4) is 11.5 Å². The van der Waals surface area contributed by atoms with E-state index in [2.05, 4.69) is 15.2 Å². The SMILES string of the molecule is CCOc1ccc(OC2CN(c3ncc(C(C)NC(C)=O)s3)C2)cc1. The van der Waals surface area contributed by atoms with Gasteiger partial charge in [-0.2, -0.15) is 0 Å². The van der Waals surface area contributed by atoms with Crippen molar-refractivity contribution in [2.24, 2.45) is 0 Å². The molecule has 0 aliphatic carbocycles. The van der Waals surface area contributed by atoms with E-state index in [-0.39, 0.29) is 18.1 Å². The Labute approximate surface area is 151 Å². The fraction of sp³-hybridized carbons (Fsp3) is 0.444. The van der Waals surface area contributed by atoms with Crippen LogP contribution in [0.1, 0.15) is 31.7 Å². The van der Waals surface area contributed by atoms with Crippen molar-refractivity contribution in [1.82, 2.24) is 10.3 Å². The molecule has 25 heavy (non-hydrogen) atoms. The van der Waals surface area contributed by atoms with Crippen molar-refractivity contribution in [2.75, 3.05) is 24.6 Å². The van der Waals surface area contributed by atoms with E-state index >= 15 is 0 Å². The molecule has 1 aromatic heterocycles. The molecular weight excluding hydrogens is 338 g/mol. The third kappa shape index (κ3) is 4.42. The molecule has 1 aliphatic heterocycles. The Bertz CT molecular complexity index is 711. The van der Waals surface area contributed by atoms with Gasteiger partial charge in [-0.05, 0) is 38.1 Å². The minimum absolute atomic E-state index is 0.0130. The molecule has 1 saturated heterocycles. The minimum Gasteiger partial charge on any atom is -0.494 e. The fourth-order valence-corrected chi connectivity index (χ4v) is 3.58. The number of carbonyl (C=O) groups excluding carboxylic acids is 1. The molecular formula is C18H23N3O3S. The van der Waals surface area contributed by atoms with Gasteiger partial charge in [0.1, 0.15) is 17.6 Å². The number of aromatic nitrogens is 1. The number of rotatable bonds is 7. The van der Waals surface area contributed by atoms with E-state index in [0.717, 1.165) is 34.6 Å². The number of benzene rings is 1. The average molecular weight is 361 g/mol. The Morgan fingerprint density at radius 2 is 2.04 bits per heavy atom. The molecule has 1 atom stereocenters. The topological polar surface area (TPSA) is 63.7 Å². The maximum atomic E-state index is 11.1. The molecule has 7 heteroatoms. The van der Waals surface area contributed by atoms with E-state index in [1.165, 1.54) is 6.92 Å². The first kappa shape index (κ1) is 17.5. The number of anilines is 1. The fourth-order valence-electron chi connectivity index (χ4n) is 2.64. The van der Waals surface area contributed by atoms with Crippen molar-refractivity contribution in [2.45, 2.75) is 32.9 Å². The van der Waals surface area contributed by atoms with Crippen molar-refractivity contribution in [1.29, 1.82) is 0 Å². The molecule has 6 nitrogen and oxygen atoms in total. The Morgan fingerprint density at radius 1 is 1.36 bits per heavy atom. The van der Waals surface area contributed by atoms with Gasteiger partial charge in [0.25, 0.3) is 0 Å². The van der Waals surface area contributed by atoms with Crippen molar-refractivity contribution in [3.05, 3.63) is 35.3 Å². The van der Waals surface area contributed by atoms with Gasteiger partial charge in [0, 0.05) is 18.0 Å². The van der Waals surface area contributed by atoms with Gasteiger partial charge in [0.2, 0.25) is 5.91 Å². The zero-order valence-corrected chi connectivity index (χ0v) is 15.5. The monoisotopic (exact) mass is 361 g/mol. The summed E-state index contributed by atoms with van der Waals surface area (Å²) in [7, 11) is 0. The second-order valence-electron chi connectivity index (χ2n) is 6.02. The van der Waals surface area contributed by atoms with E-state index in [4.69, 9.17) is 9.47 Å². The molecule has 1 aromatic carbocycles. The number of amides is 1. The third-order valence-electron chi connectivity index (χ3n) is 3.91. The third-order valence-corrected chi connectivity index (χ3v) is 5.15. The molecule has 1 N–H and O–H groups in total. The van der Waals surface area contributed by atoms with Crippen molar-refractivity contribution >= 4 is 22.4 Å². The maximum absolute atomic E-state index is 11.1. The number of nitrogens with one attached hydrogen (secondary N) is 1. The van der Waals surface area contributed by atoms with Crippen LogP contribution >= 0.6 is 11.3 Å². The van der Waals surface area contributed by atoms with Crippen LogP contribution in [0, 0.1) is 0 Å². The number of carbonyl (C=O) groups is 1. The molecule has 134 valence electrons. The van der Waals surface area contributed by atoms with Gasteiger partial charge in [-0.1, -0.05) is 11.3 Å². The first-order valence-electron chi connectivity index (χ1n) is 8.42. The van der Waals surface area contributed by atoms with E-state index in [0.29, 0.717) is 6.61 Å². The van der Waals surface area contributed by atoms with Crippen LogP contribution in [0.25, 0.3) is 0 Å². The summed E-state index contributed by atoms with van der Waals surface area (Å²) in [5, 5.41) is 3.85. The molecule has 1 unspecified atom stereocenters. The van der Waals surface area contributed by atoms with Crippen molar-refractivity contribution in [3.63, 3.8) is 0 Å². The molecule has 0 radical (unpaired) electrons. The zero-order chi connectivity index (χ0) is 17.8. The highest BCUT2D eigenvalue weighted by molar-refractivity contribution is 7.15. The summed E-state index contributed by atoms with van der Waals surface area (Å²) < 4.78 is 11.4. The van der Waals surface area contributed by atoms with Gasteiger partial charge < -0.3 is 19.7 Å². The van der Waals surface area contributed by atoms with Crippen LogP contribution in [0.5, 0.6) is 11.5 Å². The standard InChI is InChI=1S/C18H23N3O3S/c1-4-23-14-5-7-15(8-6-14)24-16-10-21(11-16)18-19-9-17(25-18)12(2)20-13(3)22/h5-9,12,16H,4,10-11H2,1-3H3,(H,20,22). The predicted molar refractivity (Wildman–Crippen MR) is 98.6 cm³/mol. The largest absolute Gasteiger partial charge is 0.494 e. The maximum Gasteiger partial charge on any atom is 0.217 e. The Hall–Kier alpha value is -2.28. The number of nitrogens with zero attached hydrogens (tertiary/aromatic N) is 2. The van der Waals surface area contributed by atoms with Crippen molar-refractivity contribution < 1.29 is 14.3 Å². The summed E-state index contributed by atoms with van der Waals surface area (Å²) in [6.07, 6.45) is 2.00. The van der Waals surface area contributed by atoms with Gasteiger partial charge in [-0.25, -0.2) is 4.98 Å². The zero-order valence-electron chi connectivity index (χ0n) is 14.7. The first-order chi connectivity index (χ1) is 12.0. The normalized spacial score (nSPS) is 15.4. The van der Waals surface area contributed by atoms with Crippen LogP contribution in [0.3, 0.4) is 0 Å². The molecule has 2 heterocycles. The molecule has 3 rings (SSSR count). The summed E-state index contributed by atoms with van der Waals surface area (Å²) in [4.78, 5) is 18.9. The van der Waals surface area contributed by atoms with Gasteiger partial charge in [0.15, 0.2) is 5.13 Å². The van der Waals surface area contributed by atoms with E-state index in [9.17, 15) is 4.79 Å². The van der Waals surface area contributed by atoms with Gasteiger partial charge >= 0.3 is 0 Å². The van der Waals surface area contributed by atoms with Crippen LogP contribution < -0.4 is 19.7 Å². The highest BCUT2D eigenvalue weighted by Crippen LogP contribution is 2.31. The summed E-state index contributed by atoms with van der Waals surface area (Å²) in [6, 6.07) is 7.70. The van der Waals surface area contributed by atoms with Crippen LogP contribution in [-0.4, -0.2) is 36.7 Å². The van der Waals surface area contributed by atoms with Gasteiger partial charge in [-0.3, -0.25) is 4.79 Å². The van der Waals surface area contributed by atoms with Crippen LogP contribution in [0.4, 0.5) is 5.13 Å². The Kier molecular flexibility index (Phi) is 5.43. The van der Waals surface area contributed by atoms with Crippen LogP contribution in [-0.2, 0) is 4.79 Å². The van der Waals surface area contributed by atoms with Gasteiger partial charge in [0.05, 0.1) is 25.7 Å². The summed E-state index contributed by atoms with van der Waals surface area (Å²) >= 11 is 1.61. The molecule has 0 bridgehead atoms. The molecule has 1 fully saturated rings. The molecule has 1 aliphatic rings. The predicted octanol–water partition coefficient (Wildman–Crippen LogP) is 3.01. The second kappa shape index (κ2) is 7.74. The second-order valence-corrected chi connectivity index (χ2v) is 7.06. The van der Waals surface area contributed by atoms with Crippen LogP contribution in [0.15, 0.2) is 30.5 Å². The van der Waals surface area contributed by atoms with Crippen LogP contribution in [0.2, 0.25) is 0 Å². The number of thiazole rings is 1. The van der Waals surface area contributed by atoms with E-state index in [1.807, 2.05) is 44.3 Å². The summed E-state index contributed by atoms with van der Waals surface area (Å²) in [5.41, 5.74) is 0. The number of ether oxygens (including phenoxy) is 2. The lowest BCUT2D eigenvalue weighted by Crippen LogP contribution is -2.54. The molecule has 0 spiro atoms. The summed E-state index contributed by atoms with van der Waals surface area (Å²) in [6.45, 7) is 7.75. The highest BCUT2D eigenvalue weighted by atomic mass is 32.1. The first-order valence-corrected chi connectivity index (χ1v) is 9.24. The molecule has 0 saturated carbocycles. The minimum atomic E-state index is -0.0322. The Balaban J connectivity index is 1.49. The lowest BCUT2D eigenvalue weighted by atomic mass is 10.2. The number of hydrogen-bond donors (Lipinski definition) is 1. The van der Waals surface area contributed by atoms with E-state index in [1.54, 1.807) is 11.3 Å². The smallest absolute Gasteiger partial charge is 0.217 e. The highest BCUT2D eigenvalue weighted by Gasteiger charge is 2.31. The lowest BCUT2D eigenvalue weighted by Gasteiger charge is -2.38.